The number of nitrogens with two attached hydrogens (primary N) is 1. The van der Waals surface area contributed by atoms with Crippen LogP contribution < -0.4 is 15.2 Å². The molecule has 116 valence electrons. The van der Waals surface area contributed by atoms with Crippen molar-refractivity contribution >= 4 is 5.82 Å². The summed E-state index contributed by atoms with van der Waals surface area (Å²) in [5, 5.41) is 13.6. The first-order valence-corrected chi connectivity index (χ1v) is 7.14. The van der Waals surface area contributed by atoms with Crippen molar-refractivity contribution in [2.24, 2.45) is 0 Å². The fraction of sp³-hybridized carbons (Fsp3) is 0.375. The van der Waals surface area contributed by atoms with E-state index in [1.54, 1.807) is 11.8 Å². The Hall–Kier alpha value is -2.68. The molecule has 0 fully saturated rings. The summed E-state index contributed by atoms with van der Waals surface area (Å²) in [5.74, 6) is 1.41. The van der Waals surface area contributed by atoms with Gasteiger partial charge in [-0.05, 0) is 31.0 Å². The van der Waals surface area contributed by atoms with Crippen molar-refractivity contribution in [1.29, 1.82) is 5.26 Å². The normalized spacial score (nSPS) is 11.7. The smallest absolute Gasteiger partial charge is 0.253 e. The van der Waals surface area contributed by atoms with Crippen molar-refractivity contribution in [3.8, 4) is 17.7 Å². The number of hydrogen-bond donors (Lipinski definition) is 1. The highest BCUT2D eigenvalue weighted by molar-refractivity contribution is 5.55. The number of nitriles is 1. The maximum absolute atomic E-state index is 9.25. The third-order valence-corrected chi connectivity index (χ3v) is 3.57. The van der Waals surface area contributed by atoms with E-state index in [2.05, 4.69) is 11.2 Å². The van der Waals surface area contributed by atoms with Crippen molar-refractivity contribution in [3.63, 3.8) is 0 Å². The number of benzene rings is 1. The molecule has 0 aliphatic heterocycles. The van der Waals surface area contributed by atoms with Crippen LogP contribution in [0.25, 0.3) is 0 Å². The predicted molar refractivity (Wildman–Crippen MR) is 83.7 cm³/mol. The Morgan fingerprint density at radius 2 is 2.05 bits per heavy atom. The SMILES string of the molecule is CC[C@H](C)n1nc(OCc2ccc(OC)cc2)c(C#N)c1N. The molecule has 0 aliphatic carbocycles. The second-order valence-electron chi connectivity index (χ2n) is 5.02. The van der Waals surface area contributed by atoms with Crippen LogP contribution in [0.3, 0.4) is 0 Å². The molecular formula is C16H20N4O2. The van der Waals surface area contributed by atoms with Gasteiger partial charge in [0.1, 0.15) is 24.2 Å². The molecule has 0 radical (unpaired) electrons. The van der Waals surface area contributed by atoms with Gasteiger partial charge in [0, 0.05) is 0 Å². The molecule has 1 aromatic heterocycles. The van der Waals surface area contributed by atoms with Gasteiger partial charge in [-0.3, -0.25) is 0 Å². The first-order chi connectivity index (χ1) is 10.6. The Labute approximate surface area is 130 Å². The van der Waals surface area contributed by atoms with E-state index in [0.717, 1.165) is 17.7 Å². The number of ether oxygens (including phenoxy) is 2. The largest absolute Gasteiger partial charge is 0.497 e. The molecule has 0 saturated carbocycles. The van der Waals surface area contributed by atoms with Crippen LogP contribution in [0.2, 0.25) is 0 Å². The predicted octanol–water partition coefficient (Wildman–Crippen LogP) is 2.90. The van der Waals surface area contributed by atoms with Gasteiger partial charge in [-0.2, -0.15) is 5.26 Å². The Morgan fingerprint density at radius 3 is 2.59 bits per heavy atom. The number of rotatable bonds is 6. The third kappa shape index (κ3) is 3.14. The molecule has 1 atom stereocenters. The lowest BCUT2D eigenvalue weighted by atomic mass is 10.2. The molecule has 0 amide bonds. The molecular weight excluding hydrogens is 280 g/mol. The van der Waals surface area contributed by atoms with Crippen molar-refractivity contribution in [3.05, 3.63) is 35.4 Å². The lowest BCUT2D eigenvalue weighted by Crippen LogP contribution is -2.09. The zero-order chi connectivity index (χ0) is 16.1. The van der Waals surface area contributed by atoms with Crippen LogP contribution in [0.1, 0.15) is 37.4 Å². The van der Waals surface area contributed by atoms with Crippen LogP contribution in [0.4, 0.5) is 5.82 Å². The topological polar surface area (TPSA) is 86.1 Å². The van der Waals surface area contributed by atoms with Gasteiger partial charge in [0.15, 0.2) is 5.56 Å². The number of nitrogens with zero attached hydrogens (tertiary/aromatic N) is 3. The maximum atomic E-state index is 9.25. The highest BCUT2D eigenvalue weighted by Gasteiger charge is 2.19. The molecule has 2 N–H and O–H groups in total. The molecule has 1 aromatic carbocycles. The van der Waals surface area contributed by atoms with E-state index >= 15 is 0 Å². The van der Waals surface area contributed by atoms with Crippen molar-refractivity contribution in [2.45, 2.75) is 32.9 Å². The molecule has 0 saturated heterocycles. The maximum Gasteiger partial charge on any atom is 0.253 e. The number of aromatic nitrogens is 2. The molecule has 22 heavy (non-hydrogen) atoms. The van der Waals surface area contributed by atoms with Gasteiger partial charge in [0.25, 0.3) is 5.88 Å². The fourth-order valence-corrected chi connectivity index (χ4v) is 2.01. The van der Waals surface area contributed by atoms with Crippen molar-refractivity contribution in [1.82, 2.24) is 9.78 Å². The highest BCUT2D eigenvalue weighted by Crippen LogP contribution is 2.27. The fourth-order valence-electron chi connectivity index (χ4n) is 2.01. The standard InChI is InChI=1S/C16H20N4O2/c1-4-11(2)20-15(18)14(9-17)16(19-20)22-10-12-5-7-13(21-3)8-6-12/h5-8,11H,4,10,18H2,1-3H3/t11-/m0/s1. The lowest BCUT2D eigenvalue weighted by Gasteiger charge is -2.10. The van der Waals surface area contributed by atoms with Gasteiger partial charge in [-0.15, -0.1) is 5.10 Å². The van der Waals surface area contributed by atoms with Gasteiger partial charge in [0.05, 0.1) is 13.2 Å². The minimum atomic E-state index is 0.116. The molecule has 1 heterocycles. The molecule has 0 spiro atoms. The molecule has 2 rings (SSSR count). The molecule has 6 nitrogen and oxygen atoms in total. The highest BCUT2D eigenvalue weighted by atomic mass is 16.5. The molecule has 0 unspecified atom stereocenters. The number of methoxy groups -OCH3 is 1. The summed E-state index contributed by atoms with van der Waals surface area (Å²) in [6.07, 6.45) is 0.870. The minimum absolute atomic E-state index is 0.116. The summed E-state index contributed by atoms with van der Waals surface area (Å²) in [6, 6.07) is 9.70. The average molecular weight is 300 g/mol. The summed E-state index contributed by atoms with van der Waals surface area (Å²) in [4.78, 5) is 0. The number of anilines is 1. The summed E-state index contributed by atoms with van der Waals surface area (Å²) in [6.45, 7) is 4.35. The van der Waals surface area contributed by atoms with E-state index in [-0.39, 0.29) is 17.5 Å². The Bertz CT molecular complexity index is 671. The zero-order valence-corrected chi connectivity index (χ0v) is 13.0. The van der Waals surface area contributed by atoms with Crippen LogP contribution in [-0.4, -0.2) is 16.9 Å². The van der Waals surface area contributed by atoms with Crippen LogP contribution in [0, 0.1) is 11.3 Å². The van der Waals surface area contributed by atoms with E-state index < -0.39 is 0 Å². The van der Waals surface area contributed by atoms with Gasteiger partial charge >= 0.3 is 0 Å². The van der Waals surface area contributed by atoms with E-state index in [0.29, 0.717) is 12.4 Å². The molecule has 2 aromatic rings. The zero-order valence-electron chi connectivity index (χ0n) is 13.0. The number of nitrogen functional groups attached to an aromatic ring is 1. The molecule has 6 heteroatoms. The summed E-state index contributed by atoms with van der Waals surface area (Å²) in [5.41, 5.74) is 7.22. The van der Waals surface area contributed by atoms with E-state index in [1.807, 2.05) is 38.1 Å². The van der Waals surface area contributed by atoms with E-state index in [9.17, 15) is 5.26 Å². The Kier molecular flexibility index (Phi) is 4.89. The first kappa shape index (κ1) is 15.7. The van der Waals surface area contributed by atoms with Gasteiger partial charge in [-0.1, -0.05) is 19.1 Å². The monoisotopic (exact) mass is 300 g/mol. The minimum Gasteiger partial charge on any atom is -0.497 e. The Morgan fingerprint density at radius 1 is 1.36 bits per heavy atom. The molecule has 0 aliphatic rings. The van der Waals surface area contributed by atoms with Gasteiger partial charge in [0.2, 0.25) is 0 Å². The first-order valence-electron chi connectivity index (χ1n) is 7.14. The van der Waals surface area contributed by atoms with Crippen LogP contribution in [-0.2, 0) is 6.61 Å². The van der Waals surface area contributed by atoms with Crippen molar-refractivity contribution < 1.29 is 9.47 Å². The summed E-state index contributed by atoms with van der Waals surface area (Å²) >= 11 is 0. The van der Waals surface area contributed by atoms with Crippen molar-refractivity contribution in [2.75, 3.05) is 12.8 Å². The van der Waals surface area contributed by atoms with Crippen LogP contribution >= 0.6 is 0 Å². The summed E-state index contributed by atoms with van der Waals surface area (Å²) in [7, 11) is 1.62. The van der Waals surface area contributed by atoms with E-state index in [1.165, 1.54) is 0 Å². The lowest BCUT2D eigenvalue weighted by molar-refractivity contribution is 0.286. The molecule has 0 bridgehead atoms. The second-order valence-corrected chi connectivity index (χ2v) is 5.02. The van der Waals surface area contributed by atoms with Gasteiger partial charge < -0.3 is 15.2 Å². The average Bonchev–Trinajstić information content (AvgIpc) is 2.88. The number of hydrogen-bond acceptors (Lipinski definition) is 5. The quantitative estimate of drug-likeness (QED) is 0.886. The van der Waals surface area contributed by atoms with Crippen LogP contribution in [0.5, 0.6) is 11.6 Å². The third-order valence-electron chi connectivity index (χ3n) is 3.57. The van der Waals surface area contributed by atoms with E-state index in [4.69, 9.17) is 15.2 Å². The van der Waals surface area contributed by atoms with Gasteiger partial charge in [-0.25, -0.2) is 4.68 Å². The second kappa shape index (κ2) is 6.85. The Balaban J connectivity index is 2.16. The summed E-state index contributed by atoms with van der Waals surface area (Å²) < 4.78 is 12.4. The van der Waals surface area contributed by atoms with Crippen LogP contribution in [0.15, 0.2) is 24.3 Å².